The second kappa shape index (κ2) is 9.26. The number of methoxy groups -OCH3 is 1. The van der Waals surface area contributed by atoms with Crippen molar-refractivity contribution < 1.29 is 13.9 Å². The van der Waals surface area contributed by atoms with E-state index in [1.54, 1.807) is 42.4 Å². The molecule has 5 rings (SSSR count). The van der Waals surface area contributed by atoms with Crippen LogP contribution in [0.4, 0.5) is 5.69 Å². The van der Waals surface area contributed by atoms with Gasteiger partial charge in [0.05, 0.1) is 17.8 Å². The van der Waals surface area contributed by atoms with E-state index in [-0.39, 0.29) is 5.91 Å². The molecule has 1 aromatic heterocycles. The van der Waals surface area contributed by atoms with Gasteiger partial charge in [0.25, 0.3) is 5.91 Å². The molecule has 3 aromatic carbocycles. The minimum Gasteiger partial charge on any atom is -0.497 e. The van der Waals surface area contributed by atoms with Gasteiger partial charge in [-0.1, -0.05) is 53.5 Å². The fourth-order valence-corrected chi connectivity index (χ4v) is 4.22. The van der Waals surface area contributed by atoms with Gasteiger partial charge in [-0.2, -0.15) is 0 Å². The molecule has 1 aliphatic heterocycles. The maximum Gasteiger partial charge on any atom is 0.263 e. The second-order valence-electron chi connectivity index (χ2n) is 7.66. The Labute approximate surface area is 207 Å². The molecule has 0 spiro atoms. The predicted molar refractivity (Wildman–Crippen MR) is 137 cm³/mol. The van der Waals surface area contributed by atoms with Gasteiger partial charge < -0.3 is 9.15 Å². The van der Waals surface area contributed by atoms with Gasteiger partial charge in [-0.05, 0) is 72.3 Å². The molecule has 0 bridgehead atoms. The van der Waals surface area contributed by atoms with Gasteiger partial charge in [0, 0.05) is 21.8 Å². The maximum absolute atomic E-state index is 13.5. The fraction of sp³-hybridized carbons (Fsp3) is 0.0357. The number of nitrogens with zero attached hydrogens (tertiary/aromatic N) is 1. The van der Waals surface area contributed by atoms with E-state index in [1.807, 2.05) is 66.7 Å². The third kappa shape index (κ3) is 4.26. The Morgan fingerprint density at radius 2 is 1.68 bits per heavy atom. The number of furan rings is 1. The smallest absolute Gasteiger partial charge is 0.263 e. The summed E-state index contributed by atoms with van der Waals surface area (Å²) in [5.74, 6) is 1.68. The molecule has 4 aromatic rings. The first-order chi connectivity index (χ1) is 16.5. The lowest BCUT2D eigenvalue weighted by Gasteiger charge is -2.21. The van der Waals surface area contributed by atoms with E-state index in [1.165, 1.54) is 0 Å². The van der Waals surface area contributed by atoms with E-state index in [0.29, 0.717) is 32.7 Å². The van der Waals surface area contributed by atoms with E-state index in [2.05, 4.69) is 0 Å². The largest absolute Gasteiger partial charge is 0.497 e. The van der Waals surface area contributed by atoms with Gasteiger partial charge in [-0.15, -0.1) is 0 Å². The van der Waals surface area contributed by atoms with E-state index in [9.17, 15) is 4.79 Å². The zero-order chi connectivity index (χ0) is 23.7. The number of amides is 1. The summed E-state index contributed by atoms with van der Waals surface area (Å²) in [5, 5.41) is 1.10. The van der Waals surface area contributed by atoms with E-state index >= 15 is 0 Å². The second-order valence-corrected chi connectivity index (χ2v) is 8.50. The van der Waals surface area contributed by atoms with Crippen molar-refractivity contribution in [3.8, 4) is 17.1 Å². The van der Waals surface area contributed by atoms with E-state index in [0.717, 1.165) is 22.7 Å². The van der Waals surface area contributed by atoms with Crippen LogP contribution in [0.25, 0.3) is 23.1 Å². The first-order valence-corrected chi connectivity index (χ1v) is 11.3. The Bertz CT molecular complexity index is 1420. The Morgan fingerprint density at radius 1 is 0.912 bits per heavy atom. The highest BCUT2D eigenvalue weighted by Crippen LogP contribution is 2.37. The summed E-state index contributed by atoms with van der Waals surface area (Å²) in [6.45, 7) is 0. The average Bonchev–Trinajstić information content (AvgIpc) is 3.46. The number of benzene rings is 3. The summed E-state index contributed by atoms with van der Waals surface area (Å²) >= 11 is 12.4. The monoisotopic (exact) mass is 487 g/mol. The van der Waals surface area contributed by atoms with Crippen LogP contribution in [0.1, 0.15) is 11.3 Å². The van der Waals surface area contributed by atoms with Crippen LogP contribution in [0.5, 0.6) is 5.75 Å². The van der Waals surface area contributed by atoms with E-state index < -0.39 is 0 Å². The number of carbonyl (C=O) groups is 1. The third-order valence-corrected chi connectivity index (χ3v) is 6.07. The van der Waals surface area contributed by atoms with Crippen LogP contribution in [0.3, 0.4) is 0 Å². The number of hydrogen-bond acceptors (Lipinski definition) is 3. The maximum atomic E-state index is 13.5. The van der Waals surface area contributed by atoms with Crippen LogP contribution in [0.15, 0.2) is 101 Å². The van der Waals surface area contributed by atoms with Gasteiger partial charge >= 0.3 is 0 Å². The Kier molecular flexibility index (Phi) is 6.01. The average molecular weight is 488 g/mol. The lowest BCUT2D eigenvalue weighted by molar-refractivity contribution is -0.113. The number of rotatable bonds is 5. The fourth-order valence-electron chi connectivity index (χ4n) is 3.84. The van der Waals surface area contributed by atoms with Crippen LogP contribution < -0.4 is 9.64 Å². The first-order valence-electron chi connectivity index (χ1n) is 10.6. The Morgan fingerprint density at radius 3 is 2.41 bits per heavy atom. The summed E-state index contributed by atoms with van der Waals surface area (Å²) in [6.07, 6.45) is 3.60. The summed E-state index contributed by atoms with van der Waals surface area (Å²) in [7, 11) is 1.61. The van der Waals surface area contributed by atoms with Gasteiger partial charge in [-0.25, -0.2) is 0 Å². The van der Waals surface area contributed by atoms with E-state index in [4.69, 9.17) is 32.4 Å². The summed E-state index contributed by atoms with van der Waals surface area (Å²) in [6, 6.07) is 26.0. The highest BCUT2D eigenvalue weighted by atomic mass is 35.5. The zero-order valence-electron chi connectivity index (χ0n) is 18.2. The minimum absolute atomic E-state index is 0.150. The van der Waals surface area contributed by atoms with Crippen molar-refractivity contribution in [1.29, 1.82) is 0 Å². The van der Waals surface area contributed by atoms with Crippen molar-refractivity contribution in [2.45, 2.75) is 0 Å². The van der Waals surface area contributed by atoms with Crippen molar-refractivity contribution in [3.05, 3.63) is 118 Å². The van der Waals surface area contributed by atoms with Gasteiger partial charge in [-0.3, -0.25) is 9.69 Å². The molecule has 0 aliphatic carbocycles. The van der Waals surface area contributed by atoms with Crippen LogP contribution in [-0.2, 0) is 4.79 Å². The molecule has 1 aliphatic rings. The first kappa shape index (κ1) is 22.1. The highest BCUT2D eigenvalue weighted by Gasteiger charge is 2.30. The molecular formula is C28H19Cl2NO3. The molecule has 0 N–H and O–H groups in total. The molecule has 34 heavy (non-hydrogen) atoms. The molecule has 1 amide bonds. The Balaban J connectivity index is 1.54. The zero-order valence-corrected chi connectivity index (χ0v) is 19.7. The molecule has 0 fully saturated rings. The molecule has 168 valence electrons. The third-order valence-electron chi connectivity index (χ3n) is 5.50. The van der Waals surface area contributed by atoms with Crippen molar-refractivity contribution in [1.82, 2.24) is 0 Å². The number of hydrogen-bond donors (Lipinski definition) is 0. The van der Waals surface area contributed by atoms with Crippen molar-refractivity contribution in [3.63, 3.8) is 0 Å². The minimum atomic E-state index is -0.150. The van der Waals surface area contributed by atoms with Crippen molar-refractivity contribution in [2.75, 3.05) is 12.0 Å². The van der Waals surface area contributed by atoms with Gasteiger partial charge in [0.2, 0.25) is 0 Å². The van der Waals surface area contributed by atoms with Gasteiger partial charge in [0.1, 0.15) is 17.3 Å². The molecule has 0 saturated carbocycles. The molecule has 2 heterocycles. The lowest BCUT2D eigenvalue weighted by Crippen LogP contribution is -2.24. The van der Waals surface area contributed by atoms with Gasteiger partial charge in [0.15, 0.2) is 0 Å². The van der Waals surface area contributed by atoms with Crippen LogP contribution >= 0.6 is 23.2 Å². The quantitative estimate of drug-likeness (QED) is 0.270. The summed E-state index contributed by atoms with van der Waals surface area (Å²) < 4.78 is 11.3. The molecule has 0 atom stereocenters. The van der Waals surface area contributed by atoms with Crippen LogP contribution in [-0.4, -0.2) is 13.0 Å². The summed E-state index contributed by atoms with van der Waals surface area (Å²) in [4.78, 5) is 15.2. The molecule has 0 saturated heterocycles. The van der Waals surface area contributed by atoms with Crippen molar-refractivity contribution in [2.24, 2.45) is 0 Å². The number of anilines is 1. The number of ether oxygens (including phenoxy) is 1. The molecule has 0 unspecified atom stereocenters. The summed E-state index contributed by atoms with van der Waals surface area (Å²) in [5.41, 5.74) is 3.66. The van der Waals surface area contributed by atoms with Crippen LogP contribution in [0, 0.1) is 0 Å². The van der Waals surface area contributed by atoms with Crippen LogP contribution in [0.2, 0.25) is 10.0 Å². The molecule has 6 heteroatoms. The number of carbonyl (C=O) groups excluding carboxylic acids is 1. The topological polar surface area (TPSA) is 42.7 Å². The van der Waals surface area contributed by atoms with Crippen molar-refractivity contribution >= 4 is 46.6 Å². The SMILES string of the molecule is COc1ccc(N2C(=O)C(=Cc3ccc(-c4cc(Cl)ccc4Cl)o3)C=C2c2ccccc2)cc1. The highest BCUT2D eigenvalue weighted by molar-refractivity contribution is 6.35. The molecular weight excluding hydrogens is 469 g/mol. The predicted octanol–water partition coefficient (Wildman–Crippen LogP) is 7.73. The number of halogens is 2. The molecule has 4 nitrogen and oxygen atoms in total. The molecule has 0 radical (unpaired) electrons. The lowest BCUT2D eigenvalue weighted by atomic mass is 10.1. The normalized spacial score (nSPS) is 14.6. The standard InChI is InChI=1S/C28H19Cl2NO3/c1-33-22-10-8-21(9-11-22)31-26(18-5-3-2-4-6-18)16-19(28(31)32)15-23-12-14-27(34-23)24-17-20(29)7-13-25(24)30/h2-17H,1H3. The Hall–Kier alpha value is -3.73.